The molecule has 4 aromatic rings. The van der Waals surface area contributed by atoms with Crippen molar-refractivity contribution in [2.45, 2.75) is 0 Å². The van der Waals surface area contributed by atoms with Crippen molar-refractivity contribution in [3.63, 3.8) is 0 Å². The molecule has 0 saturated heterocycles. The van der Waals surface area contributed by atoms with Crippen LogP contribution in [0.25, 0.3) is 22.4 Å². The monoisotopic (exact) mass is 393 g/mol. The Morgan fingerprint density at radius 1 is 1.18 bits per heavy atom. The molecule has 0 radical (unpaired) electrons. The normalized spacial score (nSPS) is 10.9. The van der Waals surface area contributed by atoms with Gasteiger partial charge in [0.1, 0.15) is 17.2 Å². The number of thiazole rings is 1. The highest BCUT2D eigenvalue weighted by Gasteiger charge is 2.15. The standard InChI is InChI=1S/C19H19N7OS/c1-20-7-8-21-15-6-5-12(11-23-15)17-24-14-4-2-3-13(16(14)25-17)18(27)26-19-22-9-10-28-19/h2-6,9-11,20H,7-8H2,1H3,(H,21,23)(H,24,25)(H,22,26,27). The zero-order valence-electron chi connectivity index (χ0n) is 15.2. The van der Waals surface area contributed by atoms with Gasteiger partial charge in [-0.25, -0.2) is 15.0 Å². The quantitative estimate of drug-likeness (QED) is 0.360. The molecule has 3 aromatic heterocycles. The minimum atomic E-state index is -0.235. The summed E-state index contributed by atoms with van der Waals surface area (Å²) < 4.78 is 0. The molecule has 0 fully saturated rings. The summed E-state index contributed by atoms with van der Waals surface area (Å²) in [4.78, 5) is 29.0. The van der Waals surface area contributed by atoms with Crippen molar-refractivity contribution in [2.24, 2.45) is 0 Å². The number of anilines is 2. The number of fused-ring (bicyclic) bond motifs is 1. The van der Waals surface area contributed by atoms with Crippen LogP contribution in [-0.2, 0) is 0 Å². The van der Waals surface area contributed by atoms with Gasteiger partial charge >= 0.3 is 0 Å². The van der Waals surface area contributed by atoms with Crippen molar-refractivity contribution < 1.29 is 4.79 Å². The molecule has 0 unspecified atom stereocenters. The number of carbonyl (C=O) groups excluding carboxylic acids is 1. The molecule has 4 rings (SSSR count). The fourth-order valence-electron chi connectivity index (χ4n) is 2.76. The van der Waals surface area contributed by atoms with Crippen molar-refractivity contribution in [1.29, 1.82) is 0 Å². The lowest BCUT2D eigenvalue weighted by atomic mass is 10.2. The van der Waals surface area contributed by atoms with Crippen molar-refractivity contribution in [1.82, 2.24) is 25.3 Å². The van der Waals surface area contributed by atoms with Crippen LogP contribution in [0.4, 0.5) is 10.9 Å². The van der Waals surface area contributed by atoms with E-state index in [1.54, 1.807) is 18.5 Å². The molecule has 0 atom stereocenters. The summed E-state index contributed by atoms with van der Waals surface area (Å²) in [6.07, 6.45) is 3.41. The number of aromatic amines is 1. The molecule has 142 valence electrons. The Labute approximate surface area is 165 Å². The van der Waals surface area contributed by atoms with Crippen LogP contribution in [0.5, 0.6) is 0 Å². The van der Waals surface area contributed by atoms with Crippen LogP contribution < -0.4 is 16.0 Å². The maximum atomic E-state index is 12.6. The van der Waals surface area contributed by atoms with Gasteiger partial charge in [0.15, 0.2) is 5.13 Å². The smallest absolute Gasteiger partial charge is 0.259 e. The lowest BCUT2D eigenvalue weighted by Crippen LogP contribution is -2.18. The summed E-state index contributed by atoms with van der Waals surface area (Å²) in [5.74, 6) is 1.23. The van der Waals surface area contributed by atoms with Crippen LogP contribution in [0.2, 0.25) is 0 Å². The minimum Gasteiger partial charge on any atom is -0.369 e. The Morgan fingerprint density at radius 2 is 2.11 bits per heavy atom. The molecular formula is C19H19N7OS. The Kier molecular flexibility index (Phi) is 5.27. The molecule has 3 heterocycles. The molecule has 0 aliphatic carbocycles. The maximum absolute atomic E-state index is 12.6. The Balaban J connectivity index is 1.58. The third-order valence-electron chi connectivity index (χ3n) is 4.13. The van der Waals surface area contributed by atoms with E-state index < -0.39 is 0 Å². The van der Waals surface area contributed by atoms with E-state index in [4.69, 9.17) is 0 Å². The lowest BCUT2D eigenvalue weighted by molar-refractivity contribution is 0.102. The van der Waals surface area contributed by atoms with Gasteiger partial charge in [-0.2, -0.15) is 0 Å². The van der Waals surface area contributed by atoms with Crippen molar-refractivity contribution in [3.8, 4) is 11.4 Å². The molecule has 0 aliphatic heterocycles. The van der Waals surface area contributed by atoms with Crippen LogP contribution in [0, 0.1) is 0 Å². The van der Waals surface area contributed by atoms with Crippen LogP contribution in [0.15, 0.2) is 48.1 Å². The molecule has 9 heteroatoms. The number of nitrogens with one attached hydrogen (secondary N) is 4. The number of pyridine rings is 1. The van der Waals surface area contributed by atoms with Crippen molar-refractivity contribution >= 4 is 39.2 Å². The second-order valence-corrected chi connectivity index (χ2v) is 6.94. The summed E-state index contributed by atoms with van der Waals surface area (Å²) in [7, 11) is 1.91. The van der Waals surface area contributed by atoms with Gasteiger partial charge in [0.2, 0.25) is 0 Å². The lowest BCUT2D eigenvalue weighted by Gasteiger charge is -2.05. The highest BCUT2D eigenvalue weighted by Crippen LogP contribution is 2.24. The number of benzene rings is 1. The van der Waals surface area contributed by atoms with Gasteiger partial charge in [-0.05, 0) is 31.3 Å². The van der Waals surface area contributed by atoms with Crippen LogP contribution >= 0.6 is 11.3 Å². The molecule has 0 saturated carbocycles. The fourth-order valence-corrected chi connectivity index (χ4v) is 3.28. The number of hydrogen-bond donors (Lipinski definition) is 4. The summed E-state index contributed by atoms with van der Waals surface area (Å²) in [5, 5.41) is 11.5. The van der Waals surface area contributed by atoms with E-state index in [2.05, 4.69) is 35.9 Å². The van der Waals surface area contributed by atoms with E-state index >= 15 is 0 Å². The molecule has 28 heavy (non-hydrogen) atoms. The molecule has 0 bridgehead atoms. The Hall–Kier alpha value is -3.30. The first kappa shape index (κ1) is 18.1. The highest BCUT2D eigenvalue weighted by molar-refractivity contribution is 7.13. The van der Waals surface area contributed by atoms with Gasteiger partial charge in [0.05, 0.1) is 11.1 Å². The van der Waals surface area contributed by atoms with E-state index in [1.165, 1.54) is 11.3 Å². The van der Waals surface area contributed by atoms with E-state index in [9.17, 15) is 4.79 Å². The Bertz CT molecular complexity index is 1070. The second kappa shape index (κ2) is 8.15. The zero-order chi connectivity index (χ0) is 19.3. The van der Waals surface area contributed by atoms with Gasteiger partial charge in [0, 0.05) is 36.4 Å². The minimum absolute atomic E-state index is 0.235. The average Bonchev–Trinajstić information content (AvgIpc) is 3.38. The molecule has 1 aromatic carbocycles. The number of likely N-dealkylation sites (N-methyl/N-ethyl adjacent to an activating group) is 1. The number of H-pyrrole nitrogens is 1. The van der Waals surface area contributed by atoms with E-state index in [-0.39, 0.29) is 5.91 Å². The molecule has 1 amide bonds. The number of rotatable bonds is 7. The van der Waals surface area contributed by atoms with Gasteiger partial charge in [-0.15, -0.1) is 11.3 Å². The number of hydrogen-bond acceptors (Lipinski definition) is 7. The van der Waals surface area contributed by atoms with E-state index in [1.807, 2.05) is 36.7 Å². The first-order valence-electron chi connectivity index (χ1n) is 8.79. The number of para-hydroxylation sites is 1. The summed E-state index contributed by atoms with van der Waals surface area (Å²) >= 11 is 1.37. The fraction of sp³-hybridized carbons (Fsp3) is 0.158. The number of carbonyl (C=O) groups is 1. The largest absolute Gasteiger partial charge is 0.369 e. The number of amides is 1. The van der Waals surface area contributed by atoms with Gasteiger partial charge in [-0.3, -0.25) is 10.1 Å². The second-order valence-electron chi connectivity index (χ2n) is 6.04. The van der Waals surface area contributed by atoms with Gasteiger partial charge < -0.3 is 15.6 Å². The molecule has 4 N–H and O–H groups in total. The predicted molar refractivity (Wildman–Crippen MR) is 112 cm³/mol. The Morgan fingerprint density at radius 3 is 2.86 bits per heavy atom. The predicted octanol–water partition coefficient (Wildman–Crippen LogP) is 2.96. The first-order valence-corrected chi connectivity index (χ1v) is 9.67. The molecule has 0 aliphatic rings. The zero-order valence-corrected chi connectivity index (χ0v) is 16.0. The topological polar surface area (TPSA) is 108 Å². The number of nitrogens with zero attached hydrogens (tertiary/aromatic N) is 3. The van der Waals surface area contributed by atoms with E-state index in [0.717, 1.165) is 30.0 Å². The van der Waals surface area contributed by atoms with Crippen LogP contribution in [0.1, 0.15) is 10.4 Å². The number of imidazole rings is 1. The van der Waals surface area contributed by atoms with Crippen LogP contribution in [-0.4, -0.2) is 46.0 Å². The molecule has 0 spiro atoms. The van der Waals surface area contributed by atoms with Crippen LogP contribution in [0.3, 0.4) is 0 Å². The first-order chi connectivity index (χ1) is 13.7. The summed E-state index contributed by atoms with van der Waals surface area (Å²) in [6, 6.07) is 9.33. The molecular weight excluding hydrogens is 374 g/mol. The highest BCUT2D eigenvalue weighted by atomic mass is 32.1. The van der Waals surface area contributed by atoms with Crippen molar-refractivity contribution in [3.05, 3.63) is 53.7 Å². The van der Waals surface area contributed by atoms with Crippen molar-refractivity contribution in [2.75, 3.05) is 30.8 Å². The third-order valence-corrected chi connectivity index (χ3v) is 4.82. The van der Waals surface area contributed by atoms with E-state index in [0.29, 0.717) is 22.0 Å². The summed E-state index contributed by atoms with van der Waals surface area (Å²) in [6.45, 7) is 1.66. The summed E-state index contributed by atoms with van der Waals surface area (Å²) in [5.41, 5.74) is 2.75. The van der Waals surface area contributed by atoms with Gasteiger partial charge in [-0.1, -0.05) is 6.07 Å². The average molecular weight is 393 g/mol. The van der Waals surface area contributed by atoms with Gasteiger partial charge in [0.25, 0.3) is 5.91 Å². The SMILES string of the molecule is CNCCNc1ccc(-c2nc3c(C(=O)Nc4nccs4)cccc3[nH]2)cn1. The number of aromatic nitrogens is 4. The third kappa shape index (κ3) is 3.85. The maximum Gasteiger partial charge on any atom is 0.259 e. The molecule has 8 nitrogen and oxygen atoms in total.